The van der Waals surface area contributed by atoms with Crippen LogP contribution in [0.1, 0.15) is 30.5 Å². The normalized spacial score (nSPS) is 11.9. The highest BCUT2D eigenvalue weighted by Gasteiger charge is 2.30. The average molecular weight is 382 g/mol. The van der Waals surface area contributed by atoms with Gasteiger partial charge in [0.2, 0.25) is 15.7 Å². The molecule has 0 spiro atoms. The lowest BCUT2D eigenvalue weighted by molar-refractivity contribution is -0.125. The fourth-order valence-corrected chi connectivity index (χ4v) is 3.46. The molecule has 2 aromatic rings. The van der Waals surface area contributed by atoms with Gasteiger partial charge in [0.1, 0.15) is 0 Å². The van der Waals surface area contributed by atoms with Gasteiger partial charge in [0, 0.05) is 18.0 Å². The first-order valence-electron chi connectivity index (χ1n) is 8.42. The second-order valence-electron chi connectivity index (χ2n) is 6.80. The van der Waals surface area contributed by atoms with Gasteiger partial charge in [0.25, 0.3) is 0 Å². The number of nitriles is 1. The lowest BCUT2D eigenvalue weighted by Gasteiger charge is -2.24. The Morgan fingerprint density at radius 2 is 1.85 bits per heavy atom. The number of hydrogen-bond donors (Lipinski definition) is 1. The van der Waals surface area contributed by atoms with Crippen LogP contribution in [0.3, 0.4) is 0 Å². The number of nitrogens with zero attached hydrogens (tertiary/aromatic N) is 1. The van der Waals surface area contributed by atoms with Crippen molar-refractivity contribution in [1.29, 1.82) is 5.26 Å². The van der Waals surface area contributed by atoms with E-state index in [1.165, 1.54) is 12.1 Å². The monoisotopic (exact) mass is 382 g/mol. The summed E-state index contributed by atoms with van der Waals surface area (Å²) in [5.41, 5.74) is 1.79. The Balaban J connectivity index is 2.21. The molecular formula is C21H22N2O3S. The third kappa shape index (κ3) is 5.05. The van der Waals surface area contributed by atoms with Crippen molar-refractivity contribution >= 4 is 15.7 Å². The van der Waals surface area contributed by atoms with E-state index in [-0.39, 0.29) is 10.8 Å². The molecular weight excluding hydrogens is 360 g/mol. The average Bonchev–Trinajstić information content (AvgIpc) is 2.65. The van der Waals surface area contributed by atoms with Crippen molar-refractivity contribution in [2.75, 3.05) is 0 Å². The molecule has 27 heavy (non-hydrogen) atoms. The molecule has 0 fully saturated rings. The van der Waals surface area contributed by atoms with Crippen molar-refractivity contribution in [1.82, 2.24) is 5.32 Å². The van der Waals surface area contributed by atoms with Crippen molar-refractivity contribution in [3.05, 3.63) is 76.7 Å². The Hall–Kier alpha value is -2.91. The number of allylic oxidation sites excluding steroid dienone is 1. The highest BCUT2D eigenvalue weighted by molar-refractivity contribution is 7.94. The highest BCUT2D eigenvalue weighted by atomic mass is 32.2. The van der Waals surface area contributed by atoms with Crippen LogP contribution in [0.4, 0.5) is 0 Å². The van der Waals surface area contributed by atoms with Crippen molar-refractivity contribution in [3.63, 3.8) is 0 Å². The maximum absolute atomic E-state index is 12.7. The first-order valence-corrected chi connectivity index (χ1v) is 9.97. The van der Waals surface area contributed by atoms with Gasteiger partial charge in [-0.25, -0.2) is 8.42 Å². The zero-order valence-corrected chi connectivity index (χ0v) is 16.4. The highest BCUT2D eigenvalue weighted by Crippen LogP contribution is 2.26. The lowest BCUT2D eigenvalue weighted by Crippen LogP contribution is -2.39. The molecule has 2 aromatic carbocycles. The van der Waals surface area contributed by atoms with Gasteiger partial charge in [-0.15, -0.1) is 0 Å². The van der Waals surface area contributed by atoms with Crippen LogP contribution in [0.25, 0.3) is 0 Å². The number of rotatable bonds is 6. The van der Waals surface area contributed by atoms with Crippen LogP contribution >= 0.6 is 0 Å². The molecule has 0 aliphatic heterocycles. The molecule has 140 valence electrons. The molecule has 0 saturated heterocycles. The zero-order chi connectivity index (χ0) is 20.1. The Bertz CT molecular complexity index is 998. The lowest BCUT2D eigenvalue weighted by atomic mass is 9.83. The van der Waals surface area contributed by atoms with E-state index >= 15 is 0 Å². The summed E-state index contributed by atoms with van der Waals surface area (Å²) in [6.45, 7) is 5.88. The van der Waals surface area contributed by atoms with Crippen LogP contribution in [0.15, 0.2) is 64.9 Å². The van der Waals surface area contributed by atoms with Crippen molar-refractivity contribution in [2.45, 2.75) is 37.6 Å². The Morgan fingerprint density at radius 3 is 2.48 bits per heavy atom. The molecule has 1 N–H and O–H groups in total. The Kier molecular flexibility index (Phi) is 6.19. The number of benzene rings is 2. The van der Waals surface area contributed by atoms with E-state index in [0.717, 1.165) is 22.6 Å². The van der Waals surface area contributed by atoms with Crippen molar-refractivity contribution in [3.8, 4) is 6.07 Å². The summed E-state index contributed by atoms with van der Waals surface area (Å²) < 4.78 is 24.5. The van der Waals surface area contributed by atoms with Crippen molar-refractivity contribution in [2.24, 2.45) is 0 Å². The summed E-state index contributed by atoms with van der Waals surface area (Å²) in [5, 5.41) is 12.3. The van der Waals surface area contributed by atoms with Gasteiger partial charge in [-0.3, -0.25) is 4.79 Å². The fourth-order valence-electron chi connectivity index (χ4n) is 2.50. The number of amides is 1. The quantitative estimate of drug-likeness (QED) is 0.776. The summed E-state index contributed by atoms with van der Waals surface area (Å²) in [6.07, 6.45) is 0.918. The second-order valence-corrected chi connectivity index (χ2v) is 8.63. The molecule has 0 atom stereocenters. The summed E-state index contributed by atoms with van der Waals surface area (Å²) >= 11 is 0. The molecule has 0 radical (unpaired) electrons. The zero-order valence-electron chi connectivity index (χ0n) is 15.6. The summed E-state index contributed by atoms with van der Waals surface area (Å²) in [5.74, 6) is -0.204. The SMILES string of the molecule is Cc1ccc(CNC(=O)C(C)(C)c2cccc(S(=O)(=O)/C=C/C#N)c2)cc1. The van der Waals surface area contributed by atoms with E-state index < -0.39 is 15.3 Å². The summed E-state index contributed by atoms with van der Waals surface area (Å²) in [7, 11) is -3.73. The largest absolute Gasteiger partial charge is 0.351 e. The summed E-state index contributed by atoms with van der Waals surface area (Å²) in [6, 6.07) is 15.8. The van der Waals surface area contributed by atoms with E-state index in [1.807, 2.05) is 31.2 Å². The van der Waals surface area contributed by atoms with Gasteiger partial charge in [0.05, 0.1) is 16.4 Å². The Labute approximate surface area is 160 Å². The minimum absolute atomic E-state index is 0.0471. The van der Waals surface area contributed by atoms with Crippen LogP contribution < -0.4 is 5.32 Å². The molecule has 6 heteroatoms. The first-order chi connectivity index (χ1) is 12.7. The molecule has 1 amide bonds. The maximum atomic E-state index is 12.7. The molecule has 0 unspecified atom stereocenters. The van der Waals surface area contributed by atoms with Crippen LogP contribution in [-0.2, 0) is 26.6 Å². The van der Waals surface area contributed by atoms with Gasteiger partial charge >= 0.3 is 0 Å². The standard InChI is InChI=1S/C21H22N2O3S/c1-16-8-10-17(11-9-16)15-23-20(24)21(2,3)18-6-4-7-19(14-18)27(25,26)13-5-12-22/h4-11,13-14H,15H2,1-3H3,(H,23,24)/b13-5+. The third-order valence-electron chi connectivity index (χ3n) is 4.35. The smallest absolute Gasteiger partial charge is 0.230 e. The molecule has 0 saturated carbocycles. The second kappa shape index (κ2) is 8.19. The molecule has 5 nitrogen and oxygen atoms in total. The molecule has 0 aliphatic carbocycles. The first kappa shape index (κ1) is 20.4. The van der Waals surface area contributed by atoms with Crippen LogP contribution in [0.5, 0.6) is 0 Å². The fraction of sp³-hybridized carbons (Fsp3) is 0.238. The number of sulfone groups is 1. The van der Waals surface area contributed by atoms with E-state index in [0.29, 0.717) is 12.1 Å². The Morgan fingerprint density at radius 1 is 1.19 bits per heavy atom. The molecule has 0 aliphatic rings. The number of carbonyl (C=O) groups excluding carboxylic acids is 1. The van der Waals surface area contributed by atoms with E-state index in [1.54, 1.807) is 32.0 Å². The number of carbonyl (C=O) groups is 1. The topological polar surface area (TPSA) is 87.0 Å². The van der Waals surface area contributed by atoms with Crippen LogP contribution in [-0.4, -0.2) is 14.3 Å². The predicted molar refractivity (Wildman–Crippen MR) is 104 cm³/mol. The molecule has 0 heterocycles. The van der Waals surface area contributed by atoms with Crippen LogP contribution in [0, 0.1) is 18.3 Å². The predicted octanol–water partition coefficient (Wildman–Crippen LogP) is 3.40. The van der Waals surface area contributed by atoms with Crippen LogP contribution in [0.2, 0.25) is 0 Å². The molecule has 2 rings (SSSR count). The third-order valence-corrected chi connectivity index (χ3v) is 5.75. The summed E-state index contributed by atoms with van der Waals surface area (Å²) in [4.78, 5) is 12.8. The van der Waals surface area contributed by atoms with Crippen molar-refractivity contribution < 1.29 is 13.2 Å². The minimum Gasteiger partial charge on any atom is -0.351 e. The molecule has 0 bridgehead atoms. The number of aryl methyl sites for hydroxylation is 1. The minimum atomic E-state index is -3.73. The van der Waals surface area contributed by atoms with E-state index in [9.17, 15) is 13.2 Å². The van der Waals surface area contributed by atoms with E-state index in [2.05, 4.69) is 5.32 Å². The molecule has 0 aromatic heterocycles. The number of hydrogen-bond acceptors (Lipinski definition) is 4. The van der Waals surface area contributed by atoms with Gasteiger partial charge in [-0.2, -0.15) is 5.26 Å². The van der Waals surface area contributed by atoms with Gasteiger partial charge in [-0.05, 0) is 44.0 Å². The van der Waals surface area contributed by atoms with Gasteiger partial charge in [0.15, 0.2) is 0 Å². The van der Waals surface area contributed by atoms with Gasteiger partial charge in [-0.1, -0.05) is 42.0 Å². The number of nitrogens with one attached hydrogen (secondary N) is 1. The maximum Gasteiger partial charge on any atom is 0.230 e. The van der Waals surface area contributed by atoms with E-state index in [4.69, 9.17) is 5.26 Å². The van der Waals surface area contributed by atoms with Gasteiger partial charge < -0.3 is 5.32 Å².